The minimum atomic E-state index is -0.324. The molecule has 0 fully saturated rings. The van der Waals surface area contributed by atoms with Gasteiger partial charge in [0.1, 0.15) is 5.76 Å². The second kappa shape index (κ2) is 8.62. The van der Waals surface area contributed by atoms with E-state index in [1.165, 1.54) is 0 Å². The van der Waals surface area contributed by atoms with Crippen LogP contribution in [0.2, 0.25) is 0 Å². The molecular weight excluding hydrogens is 338 g/mol. The van der Waals surface area contributed by atoms with Gasteiger partial charge in [-0.2, -0.15) is 0 Å². The number of urea groups is 1. The summed E-state index contributed by atoms with van der Waals surface area (Å²) in [5.74, 6) is 1.04. The van der Waals surface area contributed by atoms with E-state index in [4.69, 9.17) is 4.42 Å². The molecule has 0 bridgehead atoms. The predicted molar refractivity (Wildman–Crippen MR) is 102 cm³/mol. The monoisotopic (exact) mass is 361 g/mol. The second-order valence-electron chi connectivity index (χ2n) is 6.41. The molecule has 6 nitrogen and oxygen atoms in total. The van der Waals surface area contributed by atoms with Crippen molar-refractivity contribution >= 4 is 35.1 Å². The molecule has 0 saturated heterocycles. The third-order valence-electron chi connectivity index (χ3n) is 3.07. The number of nitrogens with one attached hydrogen (secondary N) is 3. The van der Waals surface area contributed by atoms with Gasteiger partial charge in [0.15, 0.2) is 0 Å². The number of carbonyl (C=O) groups excluding carboxylic acids is 2. The van der Waals surface area contributed by atoms with E-state index in [0.717, 1.165) is 0 Å². The highest BCUT2D eigenvalue weighted by Gasteiger charge is 2.13. The zero-order valence-electron chi connectivity index (χ0n) is 14.6. The van der Waals surface area contributed by atoms with Crippen molar-refractivity contribution in [3.63, 3.8) is 0 Å². The van der Waals surface area contributed by atoms with Crippen LogP contribution in [-0.4, -0.2) is 22.4 Å². The summed E-state index contributed by atoms with van der Waals surface area (Å²) in [6, 6.07) is 10.2. The van der Waals surface area contributed by atoms with Gasteiger partial charge in [-0.3, -0.25) is 4.79 Å². The zero-order valence-corrected chi connectivity index (χ0v) is 15.4. The molecule has 2 aromatic rings. The quantitative estimate of drug-likeness (QED) is 0.724. The van der Waals surface area contributed by atoms with Crippen LogP contribution in [0.25, 0.3) is 0 Å². The van der Waals surface area contributed by atoms with E-state index in [2.05, 4.69) is 36.7 Å². The van der Waals surface area contributed by atoms with Crippen molar-refractivity contribution in [2.75, 3.05) is 16.4 Å². The number of anilines is 2. The Morgan fingerprint density at radius 3 is 2.24 bits per heavy atom. The highest BCUT2D eigenvalue weighted by atomic mass is 32.2. The van der Waals surface area contributed by atoms with Crippen LogP contribution in [0.4, 0.5) is 16.2 Å². The molecule has 134 valence electrons. The number of amides is 3. The van der Waals surface area contributed by atoms with Gasteiger partial charge in [0.05, 0.1) is 18.6 Å². The van der Waals surface area contributed by atoms with Crippen molar-refractivity contribution in [1.29, 1.82) is 0 Å². The number of rotatable bonds is 6. The number of benzene rings is 1. The summed E-state index contributed by atoms with van der Waals surface area (Å²) in [5.41, 5.74) is 1.33. The summed E-state index contributed by atoms with van der Waals surface area (Å²) in [7, 11) is 0. The normalized spacial score (nSPS) is 11.0. The summed E-state index contributed by atoms with van der Waals surface area (Å²) >= 11 is 1.59. The van der Waals surface area contributed by atoms with Crippen LogP contribution in [0.1, 0.15) is 26.5 Å². The Balaban J connectivity index is 1.77. The van der Waals surface area contributed by atoms with Gasteiger partial charge in [-0.25, -0.2) is 4.79 Å². The molecule has 1 aromatic heterocycles. The van der Waals surface area contributed by atoms with Crippen LogP contribution in [0.5, 0.6) is 0 Å². The molecule has 3 N–H and O–H groups in total. The predicted octanol–water partition coefficient (Wildman–Crippen LogP) is 4.07. The lowest BCUT2D eigenvalue weighted by molar-refractivity contribution is -0.113. The first-order chi connectivity index (χ1) is 11.8. The lowest BCUT2D eigenvalue weighted by Crippen LogP contribution is -2.27. The minimum Gasteiger partial charge on any atom is -0.467 e. The fourth-order valence-corrected chi connectivity index (χ4v) is 2.51. The molecule has 2 rings (SSSR count). The van der Waals surface area contributed by atoms with E-state index in [1.807, 2.05) is 0 Å². The van der Waals surface area contributed by atoms with Crippen molar-refractivity contribution in [3.05, 3.63) is 48.4 Å². The summed E-state index contributed by atoms with van der Waals surface area (Å²) in [6.07, 6.45) is 1.56. The number of hydrogen-bond donors (Lipinski definition) is 3. The third-order valence-corrected chi connectivity index (χ3v) is 4.34. The van der Waals surface area contributed by atoms with Crippen LogP contribution in [-0.2, 0) is 11.3 Å². The molecule has 0 atom stereocenters. The Morgan fingerprint density at radius 1 is 1.04 bits per heavy atom. The highest BCUT2D eigenvalue weighted by Crippen LogP contribution is 2.23. The standard InChI is InChI=1S/C18H23N3O3S/c1-18(2,3)25-12-16(22)20-13-6-8-14(9-7-13)21-17(23)19-11-15-5-4-10-24-15/h4-10H,11-12H2,1-3H3,(H,20,22)(H2,19,21,23). The topological polar surface area (TPSA) is 83.4 Å². The maximum atomic E-state index is 11.9. The Labute approximate surface area is 151 Å². The first-order valence-electron chi connectivity index (χ1n) is 7.93. The van der Waals surface area contributed by atoms with E-state index < -0.39 is 0 Å². The SMILES string of the molecule is CC(C)(C)SCC(=O)Nc1ccc(NC(=O)NCc2ccco2)cc1. The smallest absolute Gasteiger partial charge is 0.319 e. The van der Waals surface area contributed by atoms with Crippen LogP contribution in [0.3, 0.4) is 0 Å². The Bertz CT molecular complexity index is 691. The molecule has 0 spiro atoms. The molecule has 7 heteroatoms. The van der Waals surface area contributed by atoms with Gasteiger partial charge in [0.2, 0.25) is 5.91 Å². The molecule has 0 aliphatic heterocycles. The third kappa shape index (κ3) is 7.34. The molecular formula is C18H23N3O3S. The highest BCUT2D eigenvalue weighted by molar-refractivity contribution is 8.01. The number of carbonyl (C=O) groups is 2. The van der Waals surface area contributed by atoms with Gasteiger partial charge in [0, 0.05) is 16.1 Å². The average molecular weight is 361 g/mol. The number of hydrogen-bond acceptors (Lipinski definition) is 4. The molecule has 1 aromatic carbocycles. The van der Waals surface area contributed by atoms with Gasteiger partial charge in [0.25, 0.3) is 0 Å². The first-order valence-corrected chi connectivity index (χ1v) is 8.91. The van der Waals surface area contributed by atoms with E-state index in [0.29, 0.717) is 29.4 Å². The molecule has 0 unspecified atom stereocenters. The fourth-order valence-electron chi connectivity index (χ4n) is 1.87. The van der Waals surface area contributed by atoms with Crippen molar-refractivity contribution < 1.29 is 14.0 Å². The lowest BCUT2D eigenvalue weighted by Gasteiger charge is -2.17. The van der Waals surface area contributed by atoms with Crippen LogP contribution in [0, 0.1) is 0 Å². The van der Waals surface area contributed by atoms with Crippen LogP contribution >= 0.6 is 11.8 Å². The van der Waals surface area contributed by atoms with Crippen LogP contribution in [0.15, 0.2) is 47.1 Å². The zero-order chi connectivity index (χ0) is 18.3. The molecule has 3 amide bonds. The lowest BCUT2D eigenvalue weighted by atomic mass is 10.3. The number of thioether (sulfide) groups is 1. The van der Waals surface area contributed by atoms with E-state index in [9.17, 15) is 9.59 Å². The first kappa shape index (κ1) is 18.9. The Morgan fingerprint density at radius 2 is 1.68 bits per heavy atom. The molecule has 0 saturated carbocycles. The average Bonchev–Trinajstić information content (AvgIpc) is 3.06. The summed E-state index contributed by atoms with van der Waals surface area (Å²) < 4.78 is 5.19. The Kier molecular flexibility index (Phi) is 6.52. The van der Waals surface area contributed by atoms with Gasteiger partial charge in [-0.1, -0.05) is 20.8 Å². The van der Waals surface area contributed by atoms with Crippen molar-refractivity contribution in [1.82, 2.24) is 5.32 Å². The second-order valence-corrected chi connectivity index (χ2v) is 8.22. The molecule has 0 aliphatic carbocycles. The molecule has 25 heavy (non-hydrogen) atoms. The van der Waals surface area contributed by atoms with Gasteiger partial charge >= 0.3 is 6.03 Å². The Hall–Kier alpha value is -2.41. The van der Waals surface area contributed by atoms with Crippen molar-refractivity contribution in [3.8, 4) is 0 Å². The van der Waals surface area contributed by atoms with Crippen LogP contribution < -0.4 is 16.0 Å². The molecule has 1 heterocycles. The largest absolute Gasteiger partial charge is 0.467 e. The van der Waals surface area contributed by atoms with E-state index >= 15 is 0 Å². The van der Waals surface area contributed by atoms with Gasteiger partial charge < -0.3 is 20.4 Å². The van der Waals surface area contributed by atoms with E-state index in [-0.39, 0.29) is 16.7 Å². The summed E-state index contributed by atoms with van der Waals surface area (Å²) in [4.78, 5) is 23.7. The molecule has 0 aliphatic rings. The van der Waals surface area contributed by atoms with Crippen molar-refractivity contribution in [2.45, 2.75) is 32.1 Å². The van der Waals surface area contributed by atoms with Gasteiger partial charge in [-0.05, 0) is 36.4 Å². The van der Waals surface area contributed by atoms with Gasteiger partial charge in [-0.15, -0.1) is 11.8 Å². The van der Waals surface area contributed by atoms with Crippen molar-refractivity contribution in [2.24, 2.45) is 0 Å². The maximum Gasteiger partial charge on any atom is 0.319 e. The minimum absolute atomic E-state index is 0.0446. The maximum absolute atomic E-state index is 11.9. The fraction of sp³-hybridized carbons (Fsp3) is 0.333. The number of furan rings is 1. The summed E-state index contributed by atoms with van der Waals surface area (Å²) in [6.45, 7) is 6.53. The molecule has 0 radical (unpaired) electrons. The summed E-state index contributed by atoms with van der Waals surface area (Å²) in [5, 5.41) is 8.25. The van der Waals surface area contributed by atoms with E-state index in [1.54, 1.807) is 54.4 Å².